The van der Waals surface area contributed by atoms with Gasteiger partial charge in [-0.1, -0.05) is 18.2 Å². The quantitative estimate of drug-likeness (QED) is 0.766. The Balaban J connectivity index is 2.65. The molecule has 0 spiro atoms. The molecular formula is C15H24N2O3. The zero-order valence-corrected chi connectivity index (χ0v) is 12.4. The summed E-state index contributed by atoms with van der Waals surface area (Å²) in [5.41, 5.74) is 7.75. The number of carbonyl (C=O) groups excluding carboxylic acids is 1. The number of nitrogens with two attached hydrogens (primary N) is 1. The molecule has 0 saturated heterocycles. The maximum absolute atomic E-state index is 11.6. The van der Waals surface area contributed by atoms with Crippen LogP contribution >= 0.6 is 0 Å². The number of hydrogen-bond donors (Lipinski definition) is 3. The summed E-state index contributed by atoms with van der Waals surface area (Å²) < 4.78 is 5.17. The van der Waals surface area contributed by atoms with E-state index in [0.717, 1.165) is 23.1 Å². The van der Waals surface area contributed by atoms with Crippen molar-refractivity contribution in [2.45, 2.75) is 45.9 Å². The van der Waals surface area contributed by atoms with Crippen molar-refractivity contribution >= 4 is 6.09 Å². The van der Waals surface area contributed by atoms with Crippen LogP contribution in [0.15, 0.2) is 18.2 Å². The molecule has 5 heteroatoms. The Morgan fingerprint density at radius 3 is 2.60 bits per heavy atom. The van der Waals surface area contributed by atoms with Crippen molar-refractivity contribution in [3.05, 3.63) is 34.9 Å². The van der Waals surface area contributed by atoms with E-state index in [2.05, 4.69) is 5.32 Å². The summed E-state index contributed by atoms with van der Waals surface area (Å²) in [4.78, 5) is 11.6. The molecule has 0 fully saturated rings. The maximum atomic E-state index is 11.6. The standard InChI is InChI=1S/C15H24N2O3/c1-15(2,3)20-14(19)17-9-12-5-4-11(6-7-16)8-13(12)10-18/h4-5,8,18H,6-7,9-10,16H2,1-3H3,(H,17,19). The predicted molar refractivity (Wildman–Crippen MR) is 78.2 cm³/mol. The highest BCUT2D eigenvalue weighted by Gasteiger charge is 2.16. The lowest BCUT2D eigenvalue weighted by molar-refractivity contribution is 0.0523. The van der Waals surface area contributed by atoms with Crippen LogP contribution in [0.5, 0.6) is 0 Å². The van der Waals surface area contributed by atoms with Crippen molar-refractivity contribution < 1.29 is 14.6 Å². The first-order chi connectivity index (χ1) is 9.35. The van der Waals surface area contributed by atoms with Gasteiger partial charge in [0.1, 0.15) is 5.60 Å². The number of alkyl carbamates (subject to hydrolysis) is 1. The van der Waals surface area contributed by atoms with Crippen molar-refractivity contribution in [2.24, 2.45) is 5.73 Å². The van der Waals surface area contributed by atoms with Crippen LogP contribution in [0.25, 0.3) is 0 Å². The minimum atomic E-state index is -0.519. The maximum Gasteiger partial charge on any atom is 0.407 e. The average Bonchev–Trinajstić information content (AvgIpc) is 2.35. The van der Waals surface area contributed by atoms with Gasteiger partial charge >= 0.3 is 6.09 Å². The Morgan fingerprint density at radius 1 is 1.35 bits per heavy atom. The molecule has 1 aromatic rings. The molecule has 1 rings (SSSR count). The van der Waals surface area contributed by atoms with Crippen LogP contribution in [0.3, 0.4) is 0 Å². The van der Waals surface area contributed by atoms with Gasteiger partial charge in [0, 0.05) is 6.54 Å². The van der Waals surface area contributed by atoms with Gasteiger partial charge in [-0.05, 0) is 50.4 Å². The number of benzene rings is 1. The van der Waals surface area contributed by atoms with Crippen molar-refractivity contribution in [3.63, 3.8) is 0 Å². The van der Waals surface area contributed by atoms with Crippen molar-refractivity contribution in [2.75, 3.05) is 6.54 Å². The van der Waals surface area contributed by atoms with Crippen LogP contribution in [-0.2, 0) is 24.3 Å². The van der Waals surface area contributed by atoms with E-state index in [1.54, 1.807) is 0 Å². The van der Waals surface area contributed by atoms with Crippen LogP contribution in [-0.4, -0.2) is 23.3 Å². The van der Waals surface area contributed by atoms with Crippen LogP contribution in [0.1, 0.15) is 37.5 Å². The summed E-state index contributed by atoms with van der Waals surface area (Å²) in [6.07, 6.45) is 0.305. The molecule has 0 aromatic heterocycles. The molecule has 1 amide bonds. The van der Waals surface area contributed by atoms with Gasteiger partial charge in [0.05, 0.1) is 6.61 Å². The number of nitrogens with one attached hydrogen (secondary N) is 1. The lowest BCUT2D eigenvalue weighted by Crippen LogP contribution is -2.32. The fourth-order valence-corrected chi connectivity index (χ4v) is 1.80. The van der Waals surface area contributed by atoms with Gasteiger partial charge < -0.3 is 20.9 Å². The Hall–Kier alpha value is -1.59. The molecule has 0 bridgehead atoms. The number of rotatable bonds is 5. The molecule has 0 unspecified atom stereocenters. The molecule has 0 saturated carbocycles. The second-order valence-electron chi connectivity index (χ2n) is 5.66. The second kappa shape index (κ2) is 7.26. The van der Waals surface area contributed by atoms with Gasteiger partial charge in [-0.15, -0.1) is 0 Å². The van der Waals surface area contributed by atoms with Crippen molar-refractivity contribution in [1.82, 2.24) is 5.32 Å². The Labute approximate surface area is 120 Å². The molecule has 0 aliphatic rings. The summed E-state index contributed by atoms with van der Waals surface area (Å²) in [7, 11) is 0. The van der Waals surface area contributed by atoms with Crippen LogP contribution in [0.2, 0.25) is 0 Å². The summed E-state index contributed by atoms with van der Waals surface area (Å²) in [6, 6.07) is 5.77. The number of hydrogen-bond acceptors (Lipinski definition) is 4. The Bertz CT molecular complexity index is 453. The zero-order chi connectivity index (χ0) is 15.2. The highest BCUT2D eigenvalue weighted by molar-refractivity contribution is 5.67. The Kier molecular flexibility index (Phi) is 5.98. The van der Waals surface area contributed by atoms with Crippen molar-refractivity contribution in [3.8, 4) is 0 Å². The largest absolute Gasteiger partial charge is 0.444 e. The minimum absolute atomic E-state index is 0.0657. The lowest BCUT2D eigenvalue weighted by Gasteiger charge is -2.20. The highest BCUT2D eigenvalue weighted by Crippen LogP contribution is 2.13. The number of ether oxygens (including phenoxy) is 1. The van der Waals surface area contributed by atoms with Crippen molar-refractivity contribution in [1.29, 1.82) is 0 Å². The number of aliphatic hydroxyl groups excluding tert-OH is 1. The summed E-state index contributed by atoms with van der Waals surface area (Å²) in [6.45, 7) is 6.27. The number of amides is 1. The molecule has 1 aromatic carbocycles. The molecule has 20 heavy (non-hydrogen) atoms. The second-order valence-corrected chi connectivity index (χ2v) is 5.66. The van der Waals surface area contributed by atoms with Gasteiger partial charge in [0.2, 0.25) is 0 Å². The molecule has 5 nitrogen and oxygen atoms in total. The minimum Gasteiger partial charge on any atom is -0.444 e. The molecule has 112 valence electrons. The smallest absolute Gasteiger partial charge is 0.407 e. The molecule has 0 heterocycles. The first kappa shape index (κ1) is 16.5. The predicted octanol–water partition coefficient (Wildman–Crippen LogP) is 1.70. The summed E-state index contributed by atoms with van der Waals surface area (Å²) in [5, 5.41) is 12.1. The van der Waals surface area contributed by atoms with E-state index >= 15 is 0 Å². The van der Waals surface area contributed by atoms with Gasteiger partial charge in [-0.2, -0.15) is 0 Å². The molecule has 0 atom stereocenters. The van der Waals surface area contributed by atoms with Gasteiger partial charge in [0.15, 0.2) is 0 Å². The number of aliphatic hydroxyl groups is 1. The molecule has 0 aliphatic heterocycles. The van der Waals surface area contributed by atoms with Crippen LogP contribution < -0.4 is 11.1 Å². The molecule has 0 radical (unpaired) electrons. The third kappa shape index (κ3) is 5.59. The van der Waals surface area contributed by atoms with E-state index in [1.807, 2.05) is 39.0 Å². The molecular weight excluding hydrogens is 256 g/mol. The topological polar surface area (TPSA) is 84.6 Å². The SMILES string of the molecule is CC(C)(C)OC(=O)NCc1ccc(CCN)cc1CO. The van der Waals surface area contributed by atoms with Gasteiger partial charge in [-0.25, -0.2) is 4.79 Å². The average molecular weight is 280 g/mol. The summed E-state index contributed by atoms with van der Waals surface area (Å²) in [5.74, 6) is 0. The van der Waals surface area contributed by atoms with E-state index in [0.29, 0.717) is 13.1 Å². The van der Waals surface area contributed by atoms with E-state index < -0.39 is 11.7 Å². The molecule has 0 aliphatic carbocycles. The summed E-state index contributed by atoms with van der Waals surface area (Å²) >= 11 is 0. The van der Waals surface area contributed by atoms with Crippen LogP contribution in [0, 0.1) is 0 Å². The third-order valence-corrected chi connectivity index (χ3v) is 2.70. The van der Waals surface area contributed by atoms with Crippen LogP contribution in [0.4, 0.5) is 4.79 Å². The molecule has 4 N–H and O–H groups in total. The first-order valence-electron chi connectivity index (χ1n) is 6.74. The third-order valence-electron chi connectivity index (χ3n) is 2.70. The fourth-order valence-electron chi connectivity index (χ4n) is 1.80. The van der Waals surface area contributed by atoms with E-state index in [-0.39, 0.29) is 6.61 Å². The van der Waals surface area contributed by atoms with E-state index in [1.165, 1.54) is 0 Å². The normalized spacial score (nSPS) is 11.2. The highest BCUT2D eigenvalue weighted by atomic mass is 16.6. The first-order valence-corrected chi connectivity index (χ1v) is 6.74. The lowest BCUT2D eigenvalue weighted by atomic mass is 10.0. The monoisotopic (exact) mass is 280 g/mol. The Morgan fingerprint density at radius 2 is 2.05 bits per heavy atom. The number of carbonyl (C=O) groups is 1. The van der Waals surface area contributed by atoms with E-state index in [9.17, 15) is 9.90 Å². The van der Waals surface area contributed by atoms with Gasteiger partial charge in [0.25, 0.3) is 0 Å². The fraction of sp³-hybridized carbons (Fsp3) is 0.533. The van der Waals surface area contributed by atoms with E-state index in [4.69, 9.17) is 10.5 Å². The van der Waals surface area contributed by atoms with Gasteiger partial charge in [-0.3, -0.25) is 0 Å². The zero-order valence-electron chi connectivity index (χ0n) is 12.4.